The van der Waals surface area contributed by atoms with Crippen molar-refractivity contribution in [2.24, 2.45) is 0 Å². The summed E-state index contributed by atoms with van der Waals surface area (Å²) >= 11 is 17.9. The zero-order chi connectivity index (χ0) is 19.8. The number of hydrogen-bond donors (Lipinski definition) is 1. The molecule has 13 heteroatoms. The van der Waals surface area contributed by atoms with E-state index in [4.69, 9.17) is 34.8 Å². The number of benzene rings is 2. The van der Waals surface area contributed by atoms with Crippen molar-refractivity contribution in [3.8, 4) is 0 Å². The summed E-state index contributed by atoms with van der Waals surface area (Å²) in [5, 5.41) is 35.1. The minimum atomic E-state index is -0.849. The first-order valence-corrected chi connectivity index (χ1v) is 7.70. The number of nitrogens with zero attached hydrogens (tertiary/aromatic N) is 3. The van der Waals surface area contributed by atoms with Crippen molar-refractivity contribution in [1.29, 1.82) is 0 Å². The molecule has 2 aromatic carbocycles. The predicted octanol–water partition coefficient (Wildman–Crippen LogP) is 5.42. The first kappa shape index (κ1) is 19.6. The highest BCUT2D eigenvalue weighted by Gasteiger charge is 2.28. The second-order valence-electron chi connectivity index (χ2n) is 4.91. The molecule has 0 aliphatic heterocycles. The highest BCUT2D eigenvalue weighted by molar-refractivity contribution is 6.39. The number of anilines is 2. The van der Waals surface area contributed by atoms with Crippen molar-refractivity contribution >= 4 is 63.2 Å². The monoisotopic (exact) mass is 420 g/mol. The Kier molecular flexibility index (Phi) is 5.50. The van der Waals surface area contributed by atoms with Crippen LogP contribution in [0.1, 0.15) is 5.56 Å². The van der Waals surface area contributed by atoms with Crippen molar-refractivity contribution in [2.45, 2.75) is 6.92 Å². The maximum absolute atomic E-state index is 11.3. The van der Waals surface area contributed by atoms with Gasteiger partial charge in [-0.15, -0.1) is 0 Å². The molecule has 0 saturated carbocycles. The van der Waals surface area contributed by atoms with Crippen LogP contribution in [-0.2, 0) is 0 Å². The van der Waals surface area contributed by atoms with E-state index in [2.05, 4.69) is 5.32 Å². The van der Waals surface area contributed by atoms with Gasteiger partial charge in [-0.1, -0.05) is 34.8 Å². The average Bonchev–Trinajstić information content (AvgIpc) is 2.53. The van der Waals surface area contributed by atoms with Crippen LogP contribution in [0.2, 0.25) is 15.1 Å². The van der Waals surface area contributed by atoms with Crippen molar-refractivity contribution in [1.82, 2.24) is 0 Å². The van der Waals surface area contributed by atoms with Crippen molar-refractivity contribution < 1.29 is 14.8 Å². The number of nitro groups is 3. The van der Waals surface area contributed by atoms with Gasteiger partial charge < -0.3 is 5.32 Å². The third-order valence-corrected chi connectivity index (χ3v) is 4.41. The fourth-order valence-corrected chi connectivity index (χ4v) is 2.89. The van der Waals surface area contributed by atoms with Gasteiger partial charge in [-0.05, 0) is 6.92 Å². The van der Waals surface area contributed by atoms with Crippen LogP contribution in [0.3, 0.4) is 0 Å². The summed E-state index contributed by atoms with van der Waals surface area (Å²) in [7, 11) is 0. The van der Waals surface area contributed by atoms with Gasteiger partial charge in [0.05, 0.1) is 36.6 Å². The van der Waals surface area contributed by atoms with E-state index in [0.717, 1.165) is 12.1 Å². The Morgan fingerprint density at radius 2 is 1.31 bits per heavy atom. The average molecular weight is 422 g/mol. The third kappa shape index (κ3) is 3.62. The molecule has 0 spiro atoms. The van der Waals surface area contributed by atoms with E-state index in [9.17, 15) is 30.3 Å². The zero-order valence-corrected chi connectivity index (χ0v) is 14.9. The molecule has 0 fully saturated rings. The quantitative estimate of drug-likeness (QED) is 0.501. The molecule has 0 unspecified atom stereocenters. The number of nitrogens with one attached hydrogen (secondary N) is 1. The summed E-state index contributed by atoms with van der Waals surface area (Å²) in [4.78, 5) is 30.7. The van der Waals surface area contributed by atoms with Crippen LogP contribution in [-0.4, -0.2) is 14.8 Å². The number of halogens is 3. The number of rotatable bonds is 5. The molecule has 136 valence electrons. The molecule has 0 radical (unpaired) electrons. The summed E-state index contributed by atoms with van der Waals surface area (Å²) in [5.41, 5.74) is -1.86. The maximum atomic E-state index is 11.3. The molecule has 0 saturated heterocycles. The Bertz CT molecular complexity index is 942. The number of hydrogen-bond acceptors (Lipinski definition) is 7. The lowest BCUT2D eigenvalue weighted by Gasteiger charge is -2.14. The first-order valence-electron chi connectivity index (χ1n) is 6.57. The fraction of sp³-hybridized carbons (Fsp3) is 0.0769. The summed E-state index contributed by atoms with van der Waals surface area (Å²) in [6.45, 7) is 1.33. The molecule has 0 aliphatic rings. The van der Waals surface area contributed by atoms with Gasteiger partial charge in [0.1, 0.15) is 10.7 Å². The van der Waals surface area contributed by atoms with Crippen LogP contribution in [0, 0.1) is 37.3 Å². The molecule has 26 heavy (non-hydrogen) atoms. The van der Waals surface area contributed by atoms with E-state index in [0.29, 0.717) is 6.07 Å². The molecule has 1 N–H and O–H groups in total. The van der Waals surface area contributed by atoms with Gasteiger partial charge >= 0.3 is 0 Å². The molecule has 0 aromatic heterocycles. The molecule has 0 aliphatic carbocycles. The summed E-state index contributed by atoms with van der Waals surface area (Å²) in [5.74, 6) is 0. The van der Waals surface area contributed by atoms with Crippen LogP contribution >= 0.6 is 34.8 Å². The zero-order valence-electron chi connectivity index (χ0n) is 12.7. The lowest BCUT2D eigenvalue weighted by atomic mass is 10.1. The molecule has 10 nitrogen and oxygen atoms in total. The van der Waals surface area contributed by atoms with Crippen LogP contribution in [0.15, 0.2) is 18.2 Å². The van der Waals surface area contributed by atoms with Gasteiger partial charge in [0.25, 0.3) is 17.1 Å². The van der Waals surface area contributed by atoms with Crippen molar-refractivity contribution in [3.63, 3.8) is 0 Å². The second-order valence-corrected chi connectivity index (χ2v) is 6.10. The lowest BCUT2D eigenvalue weighted by molar-refractivity contribution is -0.393. The summed E-state index contributed by atoms with van der Waals surface area (Å²) < 4.78 is 0. The Balaban J connectivity index is 2.67. The Labute approximate surface area is 159 Å². The minimum Gasteiger partial charge on any atom is -0.347 e. The van der Waals surface area contributed by atoms with E-state index in [-0.39, 0.29) is 37.7 Å². The van der Waals surface area contributed by atoms with E-state index in [1.165, 1.54) is 6.92 Å². The van der Waals surface area contributed by atoms with Gasteiger partial charge in [-0.25, -0.2) is 0 Å². The molecule has 2 aromatic rings. The maximum Gasteiger partial charge on any atom is 0.299 e. The summed E-state index contributed by atoms with van der Waals surface area (Å²) in [6.07, 6.45) is 0. The molecular formula is C13H7Cl3N4O6. The smallest absolute Gasteiger partial charge is 0.299 e. The van der Waals surface area contributed by atoms with Crippen molar-refractivity contribution in [3.05, 3.63) is 69.2 Å². The highest BCUT2D eigenvalue weighted by atomic mass is 35.5. The van der Waals surface area contributed by atoms with Crippen LogP contribution < -0.4 is 5.32 Å². The molecule has 0 bridgehead atoms. The predicted molar refractivity (Wildman–Crippen MR) is 95.9 cm³/mol. The summed E-state index contributed by atoms with van der Waals surface area (Å²) in [6, 6.07) is 2.71. The van der Waals surface area contributed by atoms with Crippen molar-refractivity contribution in [2.75, 3.05) is 5.32 Å². The Hall–Kier alpha value is -2.69. The Morgan fingerprint density at radius 1 is 0.808 bits per heavy atom. The molecule has 0 amide bonds. The molecule has 0 atom stereocenters. The van der Waals surface area contributed by atoms with Gasteiger partial charge in [0.2, 0.25) is 0 Å². The van der Waals surface area contributed by atoms with E-state index in [1.807, 2.05) is 0 Å². The van der Waals surface area contributed by atoms with Gasteiger partial charge in [-0.3, -0.25) is 30.3 Å². The topological polar surface area (TPSA) is 141 Å². The molecular weight excluding hydrogens is 415 g/mol. The van der Waals surface area contributed by atoms with Gasteiger partial charge in [-0.2, -0.15) is 0 Å². The molecule has 2 rings (SSSR count). The van der Waals surface area contributed by atoms with E-state index >= 15 is 0 Å². The first-order chi connectivity index (χ1) is 12.0. The van der Waals surface area contributed by atoms with Gasteiger partial charge in [0.15, 0.2) is 0 Å². The highest BCUT2D eigenvalue weighted by Crippen LogP contribution is 2.44. The fourth-order valence-electron chi connectivity index (χ4n) is 2.10. The number of nitro benzene ring substituents is 3. The minimum absolute atomic E-state index is 0.0121. The van der Waals surface area contributed by atoms with E-state index in [1.54, 1.807) is 0 Å². The standard InChI is InChI=1S/C13H7Cl3N4O6/c1-5-11(16)9(19(23)24)4-10(20(25)26)12(5)17-13-7(14)2-6(18(21)22)3-8(13)15/h2-4,17H,1H3. The van der Waals surface area contributed by atoms with Crippen LogP contribution in [0.4, 0.5) is 28.4 Å². The normalized spacial score (nSPS) is 10.5. The van der Waals surface area contributed by atoms with Crippen LogP contribution in [0.5, 0.6) is 0 Å². The largest absolute Gasteiger partial charge is 0.347 e. The van der Waals surface area contributed by atoms with Gasteiger partial charge in [0, 0.05) is 17.7 Å². The van der Waals surface area contributed by atoms with E-state index < -0.39 is 26.1 Å². The Morgan fingerprint density at radius 3 is 1.73 bits per heavy atom. The SMILES string of the molecule is Cc1c(Cl)c([N+](=O)[O-])cc([N+](=O)[O-])c1Nc1c(Cl)cc([N+](=O)[O-])cc1Cl. The molecule has 0 heterocycles. The lowest BCUT2D eigenvalue weighted by Crippen LogP contribution is -2.03. The third-order valence-electron chi connectivity index (χ3n) is 3.34. The van der Waals surface area contributed by atoms with Crippen LogP contribution in [0.25, 0.3) is 0 Å². The second kappa shape index (κ2) is 7.28. The number of non-ortho nitro benzene ring substituents is 1.